The summed E-state index contributed by atoms with van der Waals surface area (Å²) >= 11 is 1.17. The van der Waals surface area contributed by atoms with E-state index in [2.05, 4.69) is 14.9 Å². The summed E-state index contributed by atoms with van der Waals surface area (Å²) < 4.78 is 3.75. The Labute approximate surface area is 86.9 Å². The van der Waals surface area contributed by atoms with E-state index in [1.54, 1.807) is 0 Å². The van der Waals surface area contributed by atoms with Crippen LogP contribution in [0.25, 0.3) is 0 Å². The molecule has 1 heterocycles. The maximum atomic E-state index is 11.7. The van der Waals surface area contributed by atoms with Crippen LogP contribution in [0.15, 0.2) is 0 Å². The summed E-state index contributed by atoms with van der Waals surface area (Å²) in [6.45, 7) is 1.81. The number of rotatable bonds is 2. The predicted molar refractivity (Wildman–Crippen MR) is 54.4 cm³/mol. The van der Waals surface area contributed by atoms with Crippen LogP contribution in [0.5, 0.6) is 0 Å². The lowest BCUT2D eigenvalue weighted by molar-refractivity contribution is 0.0941. The highest BCUT2D eigenvalue weighted by atomic mass is 32.1. The zero-order chi connectivity index (χ0) is 9.97. The smallest absolute Gasteiger partial charge is 0.265 e. The van der Waals surface area contributed by atoms with Crippen molar-refractivity contribution in [2.75, 3.05) is 0 Å². The van der Waals surface area contributed by atoms with Gasteiger partial charge in [0.05, 0.1) is 5.69 Å². The molecule has 0 aromatic carbocycles. The van der Waals surface area contributed by atoms with Crippen LogP contribution in [-0.2, 0) is 0 Å². The van der Waals surface area contributed by atoms with Gasteiger partial charge in [0.2, 0.25) is 0 Å². The third-order valence-electron chi connectivity index (χ3n) is 2.55. The lowest BCUT2D eigenvalue weighted by Gasteiger charge is -2.10. The molecule has 1 aliphatic carbocycles. The average Bonchev–Trinajstić information content (AvgIpc) is 2.75. The van der Waals surface area contributed by atoms with Crippen LogP contribution in [0.1, 0.15) is 41.0 Å². The molecule has 2 rings (SSSR count). The number of amides is 1. The minimum absolute atomic E-state index is 0.00981. The van der Waals surface area contributed by atoms with E-state index in [4.69, 9.17) is 0 Å². The van der Waals surface area contributed by atoms with Crippen LogP contribution in [0.2, 0.25) is 0 Å². The number of hydrogen-bond acceptors (Lipinski definition) is 4. The number of nitrogens with zero attached hydrogens (tertiary/aromatic N) is 2. The first-order chi connectivity index (χ1) is 6.77. The summed E-state index contributed by atoms with van der Waals surface area (Å²) in [7, 11) is 0. The van der Waals surface area contributed by atoms with E-state index in [1.165, 1.54) is 24.4 Å². The van der Waals surface area contributed by atoms with Gasteiger partial charge in [-0.2, -0.15) is 0 Å². The molecule has 0 bridgehead atoms. The molecule has 0 atom stereocenters. The van der Waals surface area contributed by atoms with Crippen molar-refractivity contribution in [1.29, 1.82) is 0 Å². The lowest BCUT2D eigenvalue weighted by Crippen LogP contribution is -2.32. The summed E-state index contributed by atoms with van der Waals surface area (Å²) in [5.74, 6) is -0.00981. The van der Waals surface area contributed by atoms with Crippen LogP contribution in [0, 0.1) is 6.92 Å². The molecule has 0 unspecified atom stereocenters. The number of carbonyl (C=O) groups excluding carboxylic acids is 1. The second-order valence-electron chi connectivity index (χ2n) is 3.64. The zero-order valence-electron chi connectivity index (χ0n) is 8.12. The third-order valence-corrected chi connectivity index (χ3v) is 3.37. The predicted octanol–water partition coefficient (Wildman–Crippen LogP) is 1.52. The first-order valence-corrected chi connectivity index (χ1v) is 5.64. The summed E-state index contributed by atoms with van der Waals surface area (Å²) in [5, 5.41) is 6.83. The summed E-state index contributed by atoms with van der Waals surface area (Å²) in [6.07, 6.45) is 4.67. The topological polar surface area (TPSA) is 54.9 Å². The van der Waals surface area contributed by atoms with Gasteiger partial charge in [-0.3, -0.25) is 4.79 Å². The Morgan fingerprint density at radius 1 is 1.50 bits per heavy atom. The molecule has 1 saturated carbocycles. The minimum Gasteiger partial charge on any atom is -0.349 e. The van der Waals surface area contributed by atoms with E-state index in [0.717, 1.165) is 18.5 Å². The third kappa shape index (κ3) is 1.92. The first-order valence-electron chi connectivity index (χ1n) is 4.87. The Morgan fingerprint density at radius 3 is 2.79 bits per heavy atom. The van der Waals surface area contributed by atoms with Gasteiger partial charge in [0.1, 0.15) is 4.88 Å². The van der Waals surface area contributed by atoms with E-state index in [1.807, 2.05) is 6.92 Å². The monoisotopic (exact) mass is 211 g/mol. The van der Waals surface area contributed by atoms with Crippen LogP contribution >= 0.6 is 11.5 Å². The quantitative estimate of drug-likeness (QED) is 0.807. The van der Waals surface area contributed by atoms with Crippen molar-refractivity contribution in [2.24, 2.45) is 0 Å². The van der Waals surface area contributed by atoms with Crippen molar-refractivity contribution in [3.8, 4) is 0 Å². The molecule has 4 nitrogen and oxygen atoms in total. The molecule has 0 spiro atoms. The molecule has 5 heteroatoms. The molecule has 1 fully saturated rings. The summed E-state index contributed by atoms with van der Waals surface area (Å²) in [6, 6.07) is 0.365. The number of aryl methyl sites for hydroxylation is 1. The highest BCUT2D eigenvalue weighted by Crippen LogP contribution is 2.18. The molecule has 1 aromatic heterocycles. The fourth-order valence-corrected chi connectivity index (χ4v) is 2.32. The van der Waals surface area contributed by atoms with Crippen molar-refractivity contribution in [1.82, 2.24) is 14.9 Å². The Balaban J connectivity index is 1.98. The second-order valence-corrected chi connectivity index (χ2v) is 4.40. The first kappa shape index (κ1) is 9.58. The highest BCUT2D eigenvalue weighted by molar-refractivity contribution is 7.07. The van der Waals surface area contributed by atoms with Crippen molar-refractivity contribution in [3.63, 3.8) is 0 Å². The zero-order valence-corrected chi connectivity index (χ0v) is 8.93. The Bertz CT molecular complexity index is 331. The van der Waals surface area contributed by atoms with Gasteiger partial charge in [0.25, 0.3) is 5.91 Å². The van der Waals surface area contributed by atoms with Gasteiger partial charge in [-0.25, -0.2) is 0 Å². The molecular weight excluding hydrogens is 198 g/mol. The SMILES string of the molecule is Cc1nnsc1C(=O)NC1CCCC1. The maximum absolute atomic E-state index is 11.7. The van der Waals surface area contributed by atoms with Crippen LogP contribution < -0.4 is 5.32 Å². The minimum atomic E-state index is -0.00981. The molecule has 14 heavy (non-hydrogen) atoms. The molecule has 0 aliphatic heterocycles. The normalized spacial score (nSPS) is 17.2. The molecule has 1 N–H and O–H groups in total. The van der Waals surface area contributed by atoms with Crippen molar-refractivity contribution < 1.29 is 4.79 Å². The summed E-state index contributed by atoms with van der Waals surface area (Å²) in [5.41, 5.74) is 0.727. The molecule has 1 amide bonds. The van der Waals surface area contributed by atoms with Gasteiger partial charge >= 0.3 is 0 Å². The summed E-state index contributed by atoms with van der Waals surface area (Å²) in [4.78, 5) is 12.4. The van der Waals surface area contributed by atoms with Gasteiger partial charge in [-0.15, -0.1) is 5.10 Å². The second kappa shape index (κ2) is 4.04. The maximum Gasteiger partial charge on any atom is 0.265 e. The molecule has 0 saturated heterocycles. The largest absolute Gasteiger partial charge is 0.349 e. The van der Waals surface area contributed by atoms with Gasteiger partial charge in [-0.1, -0.05) is 17.3 Å². The Hall–Kier alpha value is -0.970. The molecular formula is C9H13N3OS. The van der Waals surface area contributed by atoms with Crippen molar-refractivity contribution in [2.45, 2.75) is 38.6 Å². The standard InChI is InChI=1S/C9H13N3OS/c1-6-8(14-12-11-6)9(13)10-7-4-2-3-5-7/h7H,2-5H2,1H3,(H,10,13). The molecule has 1 aromatic rings. The molecule has 1 aliphatic rings. The van der Waals surface area contributed by atoms with Crippen molar-refractivity contribution >= 4 is 17.4 Å². The van der Waals surface area contributed by atoms with Gasteiger partial charge in [0, 0.05) is 6.04 Å². The lowest BCUT2D eigenvalue weighted by atomic mass is 10.2. The van der Waals surface area contributed by atoms with E-state index < -0.39 is 0 Å². The van der Waals surface area contributed by atoms with E-state index >= 15 is 0 Å². The average molecular weight is 211 g/mol. The van der Waals surface area contributed by atoms with Crippen LogP contribution in [0.3, 0.4) is 0 Å². The van der Waals surface area contributed by atoms with Crippen LogP contribution in [-0.4, -0.2) is 21.5 Å². The number of nitrogens with one attached hydrogen (secondary N) is 1. The van der Waals surface area contributed by atoms with E-state index in [0.29, 0.717) is 10.9 Å². The highest BCUT2D eigenvalue weighted by Gasteiger charge is 2.20. The molecule has 76 valence electrons. The number of aromatic nitrogens is 2. The number of hydrogen-bond donors (Lipinski definition) is 1. The fourth-order valence-electron chi connectivity index (χ4n) is 1.76. The van der Waals surface area contributed by atoms with E-state index in [9.17, 15) is 4.79 Å². The fraction of sp³-hybridized carbons (Fsp3) is 0.667. The Morgan fingerprint density at radius 2 is 2.21 bits per heavy atom. The number of carbonyl (C=O) groups is 1. The van der Waals surface area contributed by atoms with Crippen LogP contribution in [0.4, 0.5) is 0 Å². The van der Waals surface area contributed by atoms with Crippen molar-refractivity contribution in [3.05, 3.63) is 10.6 Å². The van der Waals surface area contributed by atoms with Gasteiger partial charge in [-0.05, 0) is 31.3 Å². The van der Waals surface area contributed by atoms with Gasteiger partial charge < -0.3 is 5.32 Å². The van der Waals surface area contributed by atoms with Gasteiger partial charge in [0.15, 0.2) is 0 Å². The molecule has 0 radical (unpaired) electrons. The van der Waals surface area contributed by atoms with E-state index in [-0.39, 0.29) is 5.91 Å². The Kier molecular flexibility index (Phi) is 2.77.